The Bertz CT molecular complexity index is 724. The number of rotatable bonds is 2. The topological polar surface area (TPSA) is 51.6 Å². The van der Waals surface area contributed by atoms with Crippen molar-refractivity contribution in [2.24, 2.45) is 0 Å². The molecule has 0 amide bonds. The first kappa shape index (κ1) is 12.7. The average Bonchev–Trinajstić information content (AvgIpc) is 2.47. The van der Waals surface area contributed by atoms with Crippen molar-refractivity contribution < 1.29 is 0 Å². The summed E-state index contributed by atoms with van der Waals surface area (Å²) in [5.41, 5.74) is 3.09. The maximum absolute atomic E-state index is 5.97. The van der Waals surface area contributed by atoms with Crippen molar-refractivity contribution >= 4 is 11.6 Å². The first-order chi connectivity index (χ1) is 9.72. The number of nitrogens with zero attached hydrogens (tertiary/aromatic N) is 4. The van der Waals surface area contributed by atoms with Gasteiger partial charge in [-0.05, 0) is 31.2 Å². The Morgan fingerprint density at radius 1 is 0.800 bits per heavy atom. The monoisotopic (exact) mass is 282 g/mol. The van der Waals surface area contributed by atoms with Crippen molar-refractivity contribution in [2.75, 3.05) is 0 Å². The quantitative estimate of drug-likeness (QED) is 0.674. The van der Waals surface area contributed by atoms with E-state index in [4.69, 9.17) is 11.6 Å². The SMILES string of the molecule is Cc1nc(Cl)cc(-c2cccc(-c3ccccn3)n2)n1. The zero-order valence-electron chi connectivity index (χ0n) is 10.8. The first-order valence-electron chi connectivity index (χ1n) is 6.12. The van der Waals surface area contributed by atoms with E-state index in [1.54, 1.807) is 19.2 Å². The number of aryl methyl sites for hydroxylation is 1. The second kappa shape index (κ2) is 5.35. The third kappa shape index (κ3) is 2.65. The van der Waals surface area contributed by atoms with Crippen LogP contribution in [0.5, 0.6) is 0 Å². The van der Waals surface area contributed by atoms with Crippen LogP contribution in [0.4, 0.5) is 0 Å². The molecule has 0 bridgehead atoms. The van der Waals surface area contributed by atoms with Gasteiger partial charge in [-0.2, -0.15) is 0 Å². The van der Waals surface area contributed by atoms with Crippen molar-refractivity contribution in [1.29, 1.82) is 0 Å². The number of hydrogen-bond donors (Lipinski definition) is 0. The average molecular weight is 283 g/mol. The molecular weight excluding hydrogens is 272 g/mol. The van der Waals surface area contributed by atoms with Crippen LogP contribution in [-0.4, -0.2) is 19.9 Å². The van der Waals surface area contributed by atoms with Crippen LogP contribution in [-0.2, 0) is 0 Å². The first-order valence-corrected chi connectivity index (χ1v) is 6.50. The fourth-order valence-electron chi connectivity index (χ4n) is 1.90. The fourth-order valence-corrected chi connectivity index (χ4v) is 2.12. The summed E-state index contributed by atoms with van der Waals surface area (Å²) in [6.45, 7) is 1.80. The van der Waals surface area contributed by atoms with Crippen LogP contribution in [0.25, 0.3) is 22.8 Å². The van der Waals surface area contributed by atoms with Crippen LogP contribution in [0.1, 0.15) is 5.82 Å². The zero-order chi connectivity index (χ0) is 13.9. The van der Waals surface area contributed by atoms with Gasteiger partial charge in [-0.25, -0.2) is 15.0 Å². The van der Waals surface area contributed by atoms with E-state index in [0.29, 0.717) is 16.7 Å². The van der Waals surface area contributed by atoms with E-state index in [2.05, 4.69) is 19.9 Å². The second-order valence-electron chi connectivity index (χ2n) is 4.25. The van der Waals surface area contributed by atoms with Gasteiger partial charge in [0.15, 0.2) is 0 Å². The van der Waals surface area contributed by atoms with E-state index in [1.165, 1.54) is 0 Å². The Labute approximate surface area is 121 Å². The molecule has 0 saturated heterocycles. The summed E-state index contributed by atoms with van der Waals surface area (Å²) >= 11 is 5.97. The van der Waals surface area contributed by atoms with Gasteiger partial charge in [-0.1, -0.05) is 23.7 Å². The van der Waals surface area contributed by atoms with Gasteiger partial charge < -0.3 is 0 Å². The van der Waals surface area contributed by atoms with Gasteiger partial charge in [0.2, 0.25) is 0 Å². The summed E-state index contributed by atoms with van der Waals surface area (Å²) in [6.07, 6.45) is 1.75. The Balaban J connectivity index is 2.07. The van der Waals surface area contributed by atoms with Crippen molar-refractivity contribution in [3.63, 3.8) is 0 Å². The summed E-state index contributed by atoms with van der Waals surface area (Å²) in [6, 6.07) is 13.2. The lowest BCUT2D eigenvalue weighted by molar-refractivity contribution is 1.05. The number of halogens is 1. The summed E-state index contributed by atoms with van der Waals surface area (Å²) in [5.74, 6) is 0.623. The highest BCUT2D eigenvalue weighted by atomic mass is 35.5. The Morgan fingerprint density at radius 3 is 2.25 bits per heavy atom. The van der Waals surface area contributed by atoms with Crippen molar-refractivity contribution in [3.05, 3.63) is 59.6 Å². The molecule has 0 atom stereocenters. The minimum absolute atomic E-state index is 0.414. The Hall–Kier alpha value is -2.33. The fraction of sp³-hybridized carbons (Fsp3) is 0.0667. The van der Waals surface area contributed by atoms with Crippen LogP contribution in [0, 0.1) is 6.92 Å². The minimum atomic E-state index is 0.414. The molecular formula is C15H11ClN4. The predicted molar refractivity (Wildman–Crippen MR) is 78.2 cm³/mol. The molecule has 3 aromatic heterocycles. The highest BCUT2D eigenvalue weighted by Gasteiger charge is 2.07. The molecule has 0 aromatic carbocycles. The molecule has 0 spiro atoms. The summed E-state index contributed by atoms with van der Waals surface area (Å²) in [4.78, 5) is 17.3. The molecule has 5 heteroatoms. The summed E-state index contributed by atoms with van der Waals surface area (Å²) in [5, 5.41) is 0.414. The van der Waals surface area contributed by atoms with Gasteiger partial charge >= 0.3 is 0 Å². The number of pyridine rings is 2. The van der Waals surface area contributed by atoms with Crippen LogP contribution >= 0.6 is 11.6 Å². The van der Waals surface area contributed by atoms with E-state index in [-0.39, 0.29) is 0 Å². The Morgan fingerprint density at radius 2 is 1.55 bits per heavy atom. The molecule has 20 heavy (non-hydrogen) atoms. The van der Waals surface area contributed by atoms with Gasteiger partial charge in [0.25, 0.3) is 0 Å². The summed E-state index contributed by atoms with van der Waals surface area (Å²) < 4.78 is 0. The van der Waals surface area contributed by atoms with Crippen LogP contribution in [0.2, 0.25) is 5.15 Å². The third-order valence-electron chi connectivity index (χ3n) is 2.75. The molecule has 0 saturated carbocycles. The molecule has 3 rings (SSSR count). The lowest BCUT2D eigenvalue weighted by Gasteiger charge is -2.05. The minimum Gasteiger partial charge on any atom is -0.255 e. The van der Waals surface area contributed by atoms with Crippen molar-refractivity contribution in [1.82, 2.24) is 19.9 Å². The van der Waals surface area contributed by atoms with Gasteiger partial charge in [0.1, 0.15) is 11.0 Å². The normalized spacial score (nSPS) is 10.5. The third-order valence-corrected chi connectivity index (χ3v) is 2.94. The zero-order valence-corrected chi connectivity index (χ0v) is 11.5. The van der Waals surface area contributed by atoms with Gasteiger partial charge in [-0.15, -0.1) is 0 Å². The molecule has 3 heterocycles. The van der Waals surface area contributed by atoms with E-state index in [9.17, 15) is 0 Å². The smallest absolute Gasteiger partial charge is 0.133 e. The molecule has 4 nitrogen and oxygen atoms in total. The second-order valence-corrected chi connectivity index (χ2v) is 4.63. The van der Waals surface area contributed by atoms with Crippen LogP contribution < -0.4 is 0 Å². The highest BCUT2D eigenvalue weighted by Crippen LogP contribution is 2.21. The maximum atomic E-state index is 5.97. The lowest BCUT2D eigenvalue weighted by atomic mass is 10.2. The van der Waals surface area contributed by atoms with E-state index in [0.717, 1.165) is 17.1 Å². The largest absolute Gasteiger partial charge is 0.255 e. The lowest BCUT2D eigenvalue weighted by Crippen LogP contribution is -1.95. The van der Waals surface area contributed by atoms with Crippen molar-refractivity contribution in [3.8, 4) is 22.8 Å². The molecule has 0 radical (unpaired) electrons. The van der Waals surface area contributed by atoms with Crippen LogP contribution in [0.3, 0.4) is 0 Å². The molecule has 0 unspecified atom stereocenters. The van der Waals surface area contributed by atoms with E-state index < -0.39 is 0 Å². The van der Waals surface area contributed by atoms with Crippen LogP contribution in [0.15, 0.2) is 48.7 Å². The maximum Gasteiger partial charge on any atom is 0.133 e. The van der Waals surface area contributed by atoms with E-state index >= 15 is 0 Å². The standard InChI is InChI=1S/C15H11ClN4/c1-10-18-14(9-15(16)19-10)13-7-4-6-12(20-13)11-5-2-3-8-17-11/h2-9H,1H3. The molecule has 98 valence electrons. The molecule has 0 aliphatic rings. The van der Waals surface area contributed by atoms with Gasteiger partial charge in [0.05, 0.1) is 22.8 Å². The van der Waals surface area contributed by atoms with Gasteiger partial charge in [-0.3, -0.25) is 4.98 Å². The number of hydrogen-bond acceptors (Lipinski definition) is 4. The predicted octanol–water partition coefficient (Wildman–Crippen LogP) is 3.56. The highest BCUT2D eigenvalue weighted by molar-refractivity contribution is 6.29. The molecule has 0 fully saturated rings. The van der Waals surface area contributed by atoms with Gasteiger partial charge in [0, 0.05) is 12.3 Å². The Kier molecular flexibility index (Phi) is 3.39. The molecule has 0 aliphatic carbocycles. The van der Waals surface area contributed by atoms with E-state index in [1.807, 2.05) is 36.4 Å². The van der Waals surface area contributed by atoms with Crippen molar-refractivity contribution in [2.45, 2.75) is 6.92 Å². The molecule has 3 aromatic rings. The number of aromatic nitrogens is 4. The molecule has 0 aliphatic heterocycles. The summed E-state index contributed by atoms with van der Waals surface area (Å²) in [7, 11) is 0. The molecule has 0 N–H and O–H groups in total.